The van der Waals surface area contributed by atoms with Gasteiger partial charge < -0.3 is 14.6 Å². The van der Waals surface area contributed by atoms with Crippen LogP contribution in [0.5, 0.6) is 0 Å². The largest absolute Gasteiger partial charge is 0.388 e. The summed E-state index contributed by atoms with van der Waals surface area (Å²) in [5.74, 6) is 0. The molecule has 19 heavy (non-hydrogen) atoms. The lowest BCUT2D eigenvalue weighted by Gasteiger charge is -2.37. The molecule has 3 nitrogen and oxygen atoms in total. The first-order chi connectivity index (χ1) is 9.12. The Kier molecular flexibility index (Phi) is 3.44. The summed E-state index contributed by atoms with van der Waals surface area (Å²) in [4.78, 5) is 2.42. The molecule has 106 valence electrons. The van der Waals surface area contributed by atoms with Gasteiger partial charge in [0, 0.05) is 29.5 Å². The Morgan fingerprint density at radius 3 is 2.74 bits per heavy atom. The highest BCUT2D eigenvalue weighted by Crippen LogP contribution is 2.37. The van der Waals surface area contributed by atoms with Gasteiger partial charge in [-0.25, -0.2) is 0 Å². The number of likely N-dealkylation sites (N-methyl/N-ethyl adjacent to an activating group) is 1. The maximum Gasteiger partial charge on any atom is 0.0807 e. The minimum Gasteiger partial charge on any atom is -0.388 e. The number of nitrogens with zero attached hydrogens (tertiary/aromatic N) is 2. The molecular formula is C16H26N2O. The third-order valence-corrected chi connectivity index (χ3v) is 5.31. The molecule has 1 heterocycles. The molecule has 2 aliphatic rings. The van der Waals surface area contributed by atoms with Gasteiger partial charge in [0.1, 0.15) is 0 Å². The fourth-order valence-corrected chi connectivity index (χ4v) is 3.98. The van der Waals surface area contributed by atoms with Gasteiger partial charge in [0.2, 0.25) is 0 Å². The lowest BCUT2D eigenvalue weighted by atomic mass is 9.93. The third-order valence-electron chi connectivity index (χ3n) is 5.31. The monoisotopic (exact) mass is 262 g/mol. The average molecular weight is 262 g/mol. The first-order valence-corrected chi connectivity index (χ1v) is 7.66. The van der Waals surface area contributed by atoms with Crippen LogP contribution >= 0.6 is 0 Å². The Labute approximate surface area is 116 Å². The molecule has 0 amide bonds. The Morgan fingerprint density at radius 2 is 2.05 bits per heavy atom. The maximum atomic E-state index is 10.1. The Balaban J connectivity index is 1.87. The highest BCUT2D eigenvalue weighted by Gasteiger charge is 2.37. The van der Waals surface area contributed by atoms with Crippen molar-refractivity contribution in [1.82, 2.24) is 9.47 Å². The van der Waals surface area contributed by atoms with Gasteiger partial charge in [-0.05, 0) is 52.3 Å². The third kappa shape index (κ3) is 2.23. The lowest BCUT2D eigenvalue weighted by Crippen LogP contribution is -2.45. The van der Waals surface area contributed by atoms with E-state index in [1.807, 2.05) is 0 Å². The van der Waals surface area contributed by atoms with Crippen molar-refractivity contribution in [1.29, 1.82) is 0 Å². The van der Waals surface area contributed by atoms with Crippen LogP contribution in [0, 0.1) is 0 Å². The first-order valence-electron chi connectivity index (χ1n) is 7.66. The van der Waals surface area contributed by atoms with Crippen LogP contribution in [0.4, 0.5) is 0 Å². The van der Waals surface area contributed by atoms with Gasteiger partial charge in [-0.3, -0.25) is 0 Å². The zero-order chi connectivity index (χ0) is 13.5. The molecule has 1 atom stereocenters. The van der Waals surface area contributed by atoms with Gasteiger partial charge in [-0.2, -0.15) is 0 Å². The Bertz CT molecular complexity index is 444. The Hall–Kier alpha value is -0.800. The van der Waals surface area contributed by atoms with Gasteiger partial charge in [0.25, 0.3) is 0 Å². The van der Waals surface area contributed by atoms with E-state index >= 15 is 0 Å². The predicted molar refractivity (Wildman–Crippen MR) is 77.2 cm³/mol. The number of aliphatic hydroxyl groups excluding tert-OH is 1. The second-order valence-corrected chi connectivity index (χ2v) is 6.58. The molecule has 0 radical (unpaired) electrons. The van der Waals surface area contributed by atoms with E-state index in [1.165, 1.54) is 36.9 Å². The number of aliphatic hydroxyl groups is 1. The van der Waals surface area contributed by atoms with E-state index in [0.29, 0.717) is 5.54 Å². The number of hydrogen-bond donors (Lipinski definition) is 1. The van der Waals surface area contributed by atoms with Crippen molar-refractivity contribution in [3.05, 3.63) is 23.5 Å². The van der Waals surface area contributed by atoms with Crippen LogP contribution in [0.15, 0.2) is 12.3 Å². The summed E-state index contributed by atoms with van der Waals surface area (Å²) < 4.78 is 2.42. The molecule has 1 N–H and O–H groups in total. The highest BCUT2D eigenvalue weighted by atomic mass is 16.3. The SMILES string of the molecule is CN(C)C1(Cn2ccc3c2CCCC3O)CCCC1. The van der Waals surface area contributed by atoms with E-state index in [2.05, 4.69) is 35.8 Å². The van der Waals surface area contributed by atoms with Crippen LogP contribution in [0.1, 0.15) is 55.9 Å². The van der Waals surface area contributed by atoms with Crippen molar-refractivity contribution in [3.8, 4) is 0 Å². The van der Waals surface area contributed by atoms with Crippen LogP contribution < -0.4 is 0 Å². The molecule has 3 heteroatoms. The molecule has 2 aliphatic carbocycles. The van der Waals surface area contributed by atoms with Crippen LogP contribution in [0.2, 0.25) is 0 Å². The summed E-state index contributed by atoms with van der Waals surface area (Å²) in [6.45, 7) is 1.09. The summed E-state index contributed by atoms with van der Waals surface area (Å²) in [5, 5.41) is 10.1. The van der Waals surface area contributed by atoms with E-state index in [1.54, 1.807) is 0 Å². The molecule has 3 rings (SSSR count). The molecule has 1 saturated carbocycles. The van der Waals surface area contributed by atoms with E-state index in [4.69, 9.17) is 0 Å². The number of aromatic nitrogens is 1. The zero-order valence-corrected chi connectivity index (χ0v) is 12.2. The number of fused-ring (bicyclic) bond motifs is 1. The van der Waals surface area contributed by atoms with Crippen molar-refractivity contribution in [2.24, 2.45) is 0 Å². The first kappa shape index (κ1) is 13.2. The molecule has 1 unspecified atom stereocenters. The van der Waals surface area contributed by atoms with Crippen LogP contribution in [0.3, 0.4) is 0 Å². The normalized spacial score (nSPS) is 25.8. The fourth-order valence-electron chi connectivity index (χ4n) is 3.98. The van der Waals surface area contributed by atoms with Gasteiger partial charge in [-0.15, -0.1) is 0 Å². The van der Waals surface area contributed by atoms with Gasteiger partial charge in [0.15, 0.2) is 0 Å². The Morgan fingerprint density at radius 1 is 1.32 bits per heavy atom. The summed E-state index contributed by atoms with van der Waals surface area (Å²) in [5.41, 5.74) is 2.89. The highest BCUT2D eigenvalue weighted by molar-refractivity contribution is 5.27. The minimum atomic E-state index is -0.233. The van der Waals surface area contributed by atoms with Crippen LogP contribution in [-0.2, 0) is 13.0 Å². The van der Waals surface area contributed by atoms with E-state index in [9.17, 15) is 5.11 Å². The van der Waals surface area contributed by atoms with Crippen molar-refractivity contribution < 1.29 is 5.11 Å². The molecule has 1 aromatic heterocycles. The quantitative estimate of drug-likeness (QED) is 0.907. The van der Waals surface area contributed by atoms with Crippen molar-refractivity contribution in [2.45, 2.75) is 63.1 Å². The smallest absolute Gasteiger partial charge is 0.0807 e. The number of rotatable bonds is 3. The molecule has 0 spiro atoms. The minimum absolute atomic E-state index is 0.233. The number of hydrogen-bond acceptors (Lipinski definition) is 2. The lowest BCUT2D eigenvalue weighted by molar-refractivity contribution is 0.129. The van der Waals surface area contributed by atoms with Crippen LogP contribution in [-0.4, -0.2) is 34.2 Å². The summed E-state index contributed by atoms with van der Waals surface area (Å²) >= 11 is 0. The molecule has 0 saturated heterocycles. The molecule has 1 aromatic rings. The molecular weight excluding hydrogens is 236 g/mol. The maximum absolute atomic E-state index is 10.1. The van der Waals surface area contributed by atoms with E-state index < -0.39 is 0 Å². The van der Waals surface area contributed by atoms with Gasteiger partial charge >= 0.3 is 0 Å². The second kappa shape index (κ2) is 4.95. The zero-order valence-electron chi connectivity index (χ0n) is 12.2. The topological polar surface area (TPSA) is 28.4 Å². The molecule has 0 aliphatic heterocycles. The van der Waals surface area contributed by atoms with Crippen molar-refractivity contribution >= 4 is 0 Å². The summed E-state index contributed by atoms with van der Waals surface area (Å²) in [6.07, 6.45) is 10.4. The average Bonchev–Trinajstić information content (AvgIpc) is 2.99. The molecule has 1 fully saturated rings. The molecule has 0 bridgehead atoms. The van der Waals surface area contributed by atoms with Gasteiger partial charge in [0.05, 0.1) is 6.10 Å². The summed E-state index contributed by atoms with van der Waals surface area (Å²) in [6, 6.07) is 2.14. The van der Waals surface area contributed by atoms with Crippen molar-refractivity contribution in [2.75, 3.05) is 14.1 Å². The van der Waals surface area contributed by atoms with Gasteiger partial charge in [-0.1, -0.05) is 12.8 Å². The van der Waals surface area contributed by atoms with Crippen molar-refractivity contribution in [3.63, 3.8) is 0 Å². The predicted octanol–water partition coefficient (Wildman–Crippen LogP) is 2.73. The molecule has 0 aromatic carbocycles. The van der Waals surface area contributed by atoms with E-state index in [0.717, 1.165) is 25.8 Å². The fraction of sp³-hybridized carbons (Fsp3) is 0.750. The van der Waals surface area contributed by atoms with Crippen LogP contribution in [0.25, 0.3) is 0 Å². The summed E-state index contributed by atoms with van der Waals surface area (Å²) in [7, 11) is 4.44. The second-order valence-electron chi connectivity index (χ2n) is 6.58. The standard InChI is InChI=1S/C16H26N2O/c1-17(2)16(9-3-4-10-16)12-18-11-8-13-14(18)6-5-7-15(13)19/h8,11,15,19H,3-7,9-10,12H2,1-2H3. The van der Waals surface area contributed by atoms with E-state index in [-0.39, 0.29) is 6.10 Å².